The Morgan fingerprint density at radius 3 is 2.15 bits per heavy atom. The minimum Gasteiger partial charge on any atom is -0.423 e. The first-order valence-corrected chi connectivity index (χ1v) is 7.09. The second-order valence-corrected chi connectivity index (χ2v) is 6.48. The van der Waals surface area contributed by atoms with Crippen molar-refractivity contribution >= 4 is 12.6 Å². The van der Waals surface area contributed by atoms with Crippen molar-refractivity contribution < 1.29 is 14.5 Å². The smallest absolute Gasteiger partial charge is 0.423 e. The monoisotopic (exact) mass is 275 g/mol. The predicted molar refractivity (Wildman–Crippen MR) is 75.0 cm³/mol. The largest absolute Gasteiger partial charge is 0.488 e. The summed E-state index contributed by atoms with van der Waals surface area (Å²) in [5.41, 5.74) is 1.76. The van der Waals surface area contributed by atoms with Gasteiger partial charge in [-0.25, -0.2) is 14.7 Å². The highest BCUT2D eigenvalue weighted by Gasteiger charge is 2.48. The van der Waals surface area contributed by atoms with Crippen molar-refractivity contribution in [3.8, 4) is 0 Å². The van der Waals surface area contributed by atoms with Crippen LogP contribution in [0.3, 0.4) is 0 Å². The molecule has 20 heavy (non-hydrogen) atoms. The van der Waals surface area contributed by atoms with Crippen LogP contribution >= 0.6 is 0 Å². The molecular weight excluding hydrogens is 255 g/mol. The molecule has 0 radical (unpaired) electrons. The second-order valence-electron chi connectivity index (χ2n) is 6.48. The molecule has 4 aliphatic rings. The fraction of sp³-hybridized carbons (Fsp3) is 0.538. The molecule has 5 rings (SSSR count). The number of hydrogen-bond donors (Lipinski definition) is 2. The summed E-state index contributed by atoms with van der Waals surface area (Å²) in [6.45, 7) is 7.50. The SMILES string of the molecule is OB(O)c1cccc(C[N+]23CN4CN(CN(C4)C2)C3)c1. The van der Waals surface area contributed by atoms with Gasteiger partial charge in [-0.1, -0.05) is 24.3 Å². The van der Waals surface area contributed by atoms with E-state index in [0.717, 1.165) is 51.0 Å². The predicted octanol–water partition coefficient (Wildman–Crippen LogP) is -1.62. The van der Waals surface area contributed by atoms with E-state index in [2.05, 4.69) is 20.8 Å². The topological polar surface area (TPSA) is 50.2 Å². The fourth-order valence-corrected chi connectivity index (χ4v) is 4.05. The lowest BCUT2D eigenvalue weighted by Crippen LogP contribution is -2.78. The van der Waals surface area contributed by atoms with E-state index in [4.69, 9.17) is 0 Å². The summed E-state index contributed by atoms with van der Waals surface area (Å²) in [4.78, 5) is 7.46. The van der Waals surface area contributed by atoms with Crippen molar-refractivity contribution in [2.75, 3.05) is 40.0 Å². The van der Waals surface area contributed by atoms with Crippen LogP contribution in [0.15, 0.2) is 24.3 Å². The Balaban J connectivity index is 1.58. The molecule has 4 heterocycles. The third-order valence-electron chi connectivity index (χ3n) is 4.47. The molecule has 7 heteroatoms. The van der Waals surface area contributed by atoms with Gasteiger partial charge in [0.25, 0.3) is 0 Å². The summed E-state index contributed by atoms with van der Waals surface area (Å²) < 4.78 is 1.03. The number of rotatable bonds is 3. The number of benzene rings is 1. The Kier molecular flexibility index (Phi) is 2.89. The van der Waals surface area contributed by atoms with Gasteiger partial charge in [0.1, 0.15) is 26.6 Å². The molecule has 0 amide bonds. The van der Waals surface area contributed by atoms with Crippen LogP contribution in [0, 0.1) is 0 Å². The lowest BCUT2D eigenvalue weighted by Gasteiger charge is -2.60. The lowest BCUT2D eigenvalue weighted by molar-refractivity contribution is -0.991. The van der Waals surface area contributed by atoms with Crippen molar-refractivity contribution in [2.45, 2.75) is 6.54 Å². The molecular formula is C13H20BN4O2+. The van der Waals surface area contributed by atoms with Gasteiger partial charge >= 0.3 is 7.12 Å². The molecule has 2 N–H and O–H groups in total. The van der Waals surface area contributed by atoms with Crippen molar-refractivity contribution in [3.63, 3.8) is 0 Å². The van der Waals surface area contributed by atoms with E-state index in [9.17, 15) is 10.0 Å². The molecule has 4 saturated heterocycles. The first-order chi connectivity index (χ1) is 9.62. The van der Waals surface area contributed by atoms with Gasteiger partial charge in [0, 0.05) is 5.56 Å². The zero-order valence-electron chi connectivity index (χ0n) is 11.5. The molecule has 0 aliphatic carbocycles. The van der Waals surface area contributed by atoms with Crippen LogP contribution in [-0.4, -0.2) is 76.4 Å². The Morgan fingerprint density at radius 2 is 1.60 bits per heavy atom. The Hall–Kier alpha value is -0.955. The maximum atomic E-state index is 9.30. The minimum atomic E-state index is -1.38. The van der Waals surface area contributed by atoms with Gasteiger partial charge in [-0.2, -0.15) is 0 Å². The Bertz CT molecular complexity index is 490. The number of nitrogens with zero attached hydrogens (tertiary/aromatic N) is 4. The molecule has 0 aromatic heterocycles. The van der Waals surface area contributed by atoms with E-state index in [1.54, 1.807) is 6.07 Å². The first kappa shape index (κ1) is 12.8. The molecule has 6 nitrogen and oxygen atoms in total. The highest BCUT2D eigenvalue weighted by Crippen LogP contribution is 2.30. The maximum absolute atomic E-state index is 9.30. The third kappa shape index (κ3) is 2.16. The summed E-state index contributed by atoms with van der Waals surface area (Å²) >= 11 is 0. The van der Waals surface area contributed by atoms with Gasteiger partial charge in [-0.3, -0.25) is 4.48 Å². The van der Waals surface area contributed by atoms with E-state index >= 15 is 0 Å². The van der Waals surface area contributed by atoms with Crippen LogP contribution in [0.1, 0.15) is 5.56 Å². The lowest BCUT2D eigenvalue weighted by atomic mass is 9.79. The summed E-state index contributed by atoms with van der Waals surface area (Å²) in [6, 6.07) is 7.68. The zero-order valence-corrected chi connectivity index (χ0v) is 11.5. The van der Waals surface area contributed by atoms with Crippen LogP contribution in [0.25, 0.3) is 0 Å². The summed E-state index contributed by atoms with van der Waals surface area (Å²) in [5, 5.41) is 18.6. The van der Waals surface area contributed by atoms with E-state index in [1.165, 1.54) is 5.56 Å². The molecule has 4 fully saturated rings. The fourth-order valence-electron chi connectivity index (χ4n) is 4.05. The second kappa shape index (κ2) is 4.52. The minimum absolute atomic E-state index is 0.581. The van der Waals surface area contributed by atoms with Crippen molar-refractivity contribution in [1.29, 1.82) is 0 Å². The van der Waals surface area contributed by atoms with Crippen molar-refractivity contribution in [2.24, 2.45) is 0 Å². The average molecular weight is 275 g/mol. The number of hydrogen-bond acceptors (Lipinski definition) is 5. The molecule has 106 valence electrons. The Morgan fingerprint density at radius 1 is 1.00 bits per heavy atom. The van der Waals surface area contributed by atoms with E-state index in [1.807, 2.05) is 12.1 Å². The van der Waals surface area contributed by atoms with Crippen LogP contribution in [-0.2, 0) is 6.54 Å². The van der Waals surface area contributed by atoms with Gasteiger partial charge in [0.15, 0.2) is 0 Å². The number of quaternary nitrogens is 1. The summed E-state index contributed by atoms with van der Waals surface area (Å²) in [5.74, 6) is 0. The molecule has 0 atom stereocenters. The highest BCUT2D eigenvalue weighted by atomic mass is 16.4. The third-order valence-corrected chi connectivity index (χ3v) is 4.47. The van der Waals surface area contributed by atoms with Crippen molar-refractivity contribution in [1.82, 2.24) is 14.7 Å². The molecule has 4 bridgehead atoms. The average Bonchev–Trinajstić information content (AvgIpc) is 2.36. The van der Waals surface area contributed by atoms with Crippen LogP contribution < -0.4 is 5.46 Å². The molecule has 1 aromatic carbocycles. The van der Waals surface area contributed by atoms with E-state index in [0.29, 0.717) is 5.46 Å². The Labute approximate surface area is 119 Å². The van der Waals surface area contributed by atoms with Crippen molar-refractivity contribution in [3.05, 3.63) is 29.8 Å². The molecule has 0 saturated carbocycles. The van der Waals surface area contributed by atoms with Gasteiger partial charge in [-0.05, 0) is 5.46 Å². The van der Waals surface area contributed by atoms with Crippen LogP contribution in [0.2, 0.25) is 0 Å². The molecule has 0 unspecified atom stereocenters. The van der Waals surface area contributed by atoms with Gasteiger partial charge in [0.05, 0.1) is 20.0 Å². The van der Waals surface area contributed by atoms with Crippen LogP contribution in [0.5, 0.6) is 0 Å². The highest BCUT2D eigenvalue weighted by molar-refractivity contribution is 6.58. The summed E-state index contributed by atoms with van der Waals surface area (Å²) in [6.07, 6.45) is 0. The summed E-state index contributed by atoms with van der Waals surface area (Å²) in [7, 11) is -1.38. The van der Waals surface area contributed by atoms with Gasteiger partial charge < -0.3 is 10.0 Å². The standard InChI is InChI=1S/C13H20BN4O2/c19-14(20)13-3-1-2-12(4-13)5-18-9-15-6-16(10-18)8-17(7-15)11-18/h1-4,19-20H,5-11H2/q+1. The zero-order chi connectivity index (χ0) is 13.7. The first-order valence-electron chi connectivity index (χ1n) is 7.09. The maximum Gasteiger partial charge on any atom is 0.488 e. The van der Waals surface area contributed by atoms with Gasteiger partial charge in [0.2, 0.25) is 0 Å². The quantitative estimate of drug-likeness (QED) is 0.513. The van der Waals surface area contributed by atoms with E-state index < -0.39 is 7.12 Å². The van der Waals surface area contributed by atoms with E-state index in [-0.39, 0.29) is 0 Å². The molecule has 0 spiro atoms. The molecule has 1 aromatic rings. The molecule has 4 aliphatic heterocycles. The normalized spacial score (nSPS) is 38.2. The van der Waals surface area contributed by atoms with Crippen LogP contribution in [0.4, 0.5) is 0 Å². The van der Waals surface area contributed by atoms with Gasteiger partial charge in [-0.15, -0.1) is 0 Å².